The van der Waals surface area contributed by atoms with E-state index in [4.69, 9.17) is 9.47 Å². The van der Waals surface area contributed by atoms with E-state index in [1.54, 1.807) is 12.1 Å². The maximum absolute atomic E-state index is 12.8. The molecule has 0 bridgehead atoms. The van der Waals surface area contributed by atoms with Gasteiger partial charge in [0.25, 0.3) is 5.56 Å². The quantitative estimate of drug-likeness (QED) is 0.616. The van der Waals surface area contributed by atoms with Crippen LogP contribution >= 0.6 is 0 Å². The Morgan fingerprint density at radius 3 is 2.76 bits per heavy atom. The van der Waals surface area contributed by atoms with E-state index in [1.165, 1.54) is 17.7 Å². The minimum absolute atomic E-state index is 0.135. The highest BCUT2D eigenvalue weighted by atomic mass is 16.5. The second kappa shape index (κ2) is 8.13. The number of para-hydroxylation sites is 1. The van der Waals surface area contributed by atoms with E-state index < -0.39 is 0 Å². The summed E-state index contributed by atoms with van der Waals surface area (Å²) in [7, 11) is 0. The molecule has 8 nitrogen and oxygen atoms in total. The van der Waals surface area contributed by atoms with Crippen LogP contribution in [0.3, 0.4) is 0 Å². The van der Waals surface area contributed by atoms with Gasteiger partial charge in [-0.1, -0.05) is 23.9 Å². The summed E-state index contributed by atoms with van der Waals surface area (Å²) >= 11 is 0. The van der Waals surface area contributed by atoms with Crippen LogP contribution in [0.2, 0.25) is 0 Å². The Hall–Kier alpha value is -3.69. The molecule has 0 amide bonds. The fourth-order valence-electron chi connectivity index (χ4n) is 3.04. The zero-order valence-electron chi connectivity index (χ0n) is 16.6. The van der Waals surface area contributed by atoms with E-state index >= 15 is 0 Å². The Kier molecular flexibility index (Phi) is 5.62. The van der Waals surface area contributed by atoms with Crippen LogP contribution in [0.1, 0.15) is 32.0 Å². The molecule has 1 saturated heterocycles. The number of benzene rings is 1. The van der Waals surface area contributed by atoms with E-state index in [1.807, 2.05) is 43.0 Å². The first-order valence-corrected chi connectivity index (χ1v) is 9.14. The number of nitrogens with zero attached hydrogens (tertiary/aromatic N) is 3. The monoisotopic (exact) mass is 394 g/mol. The van der Waals surface area contributed by atoms with Crippen molar-refractivity contribution in [1.82, 2.24) is 14.7 Å². The molecule has 1 aliphatic rings. The van der Waals surface area contributed by atoms with E-state index in [-0.39, 0.29) is 34.9 Å². The molecule has 29 heavy (non-hydrogen) atoms. The molecule has 2 heterocycles. The minimum Gasteiger partial charge on any atom is -0.471 e. The van der Waals surface area contributed by atoms with Crippen LogP contribution < -0.4 is 5.56 Å². The van der Waals surface area contributed by atoms with E-state index in [2.05, 4.69) is 10.8 Å². The lowest BCUT2D eigenvalue weighted by atomic mass is 10.1. The van der Waals surface area contributed by atoms with Crippen molar-refractivity contribution in [2.24, 2.45) is 0 Å². The van der Waals surface area contributed by atoms with Crippen molar-refractivity contribution in [3.8, 4) is 11.8 Å². The number of hydrogen-bond donors (Lipinski definition) is 1. The topological polar surface area (TPSA) is 100 Å². The smallest absolute Gasteiger partial charge is 0.302 e. The number of nitriles is 1. The number of carbonyl (C=O) groups excluding carboxylic acids is 1. The number of nitrogens with one attached hydrogen (secondary N) is 1. The summed E-state index contributed by atoms with van der Waals surface area (Å²) in [6, 6.07) is 11.0. The summed E-state index contributed by atoms with van der Waals surface area (Å²) in [4.78, 5) is 25.7. The molecule has 2 aromatic rings. The Morgan fingerprint density at radius 2 is 2.10 bits per heavy atom. The average Bonchev–Trinajstić information content (AvgIpc) is 3.16. The van der Waals surface area contributed by atoms with Gasteiger partial charge in [-0.15, -0.1) is 0 Å². The third-order valence-electron chi connectivity index (χ3n) is 4.55. The van der Waals surface area contributed by atoms with Crippen molar-refractivity contribution in [1.29, 1.82) is 5.26 Å². The molecule has 0 aliphatic carbocycles. The first-order valence-electron chi connectivity index (χ1n) is 9.14. The average molecular weight is 394 g/mol. The fourth-order valence-corrected chi connectivity index (χ4v) is 3.04. The third kappa shape index (κ3) is 4.26. The van der Waals surface area contributed by atoms with Gasteiger partial charge in [0.2, 0.25) is 5.88 Å². The number of rotatable bonds is 5. The molecule has 8 heteroatoms. The molecular formula is C21H22N4O4. The number of aromatic amines is 1. The molecule has 1 fully saturated rings. The van der Waals surface area contributed by atoms with Gasteiger partial charge < -0.3 is 14.4 Å². The van der Waals surface area contributed by atoms with E-state index in [0.29, 0.717) is 24.7 Å². The number of H-pyrrole nitrogens is 1. The molecule has 0 spiro atoms. The highest BCUT2D eigenvalue weighted by molar-refractivity contribution is 5.65. The Labute approximate surface area is 168 Å². The van der Waals surface area contributed by atoms with Crippen LogP contribution in [0.15, 0.2) is 46.7 Å². The largest absolute Gasteiger partial charge is 0.471 e. The summed E-state index contributed by atoms with van der Waals surface area (Å²) in [5, 5.41) is 12.2. The van der Waals surface area contributed by atoms with Gasteiger partial charge in [-0.3, -0.25) is 14.7 Å². The van der Waals surface area contributed by atoms with Crippen molar-refractivity contribution in [3.05, 3.63) is 63.6 Å². The Bertz CT molecular complexity index is 1070. The van der Waals surface area contributed by atoms with Crippen molar-refractivity contribution >= 4 is 12.0 Å². The van der Waals surface area contributed by atoms with Gasteiger partial charge in [0, 0.05) is 13.0 Å². The zero-order valence-corrected chi connectivity index (χ0v) is 16.6. The molecule has 3 rings (SSSR count). The van der Waals surface area contributed by atoms with E-state index in [9.17, 15) is 14.9 Å². The van der Waals surface area contributed by atoms with Gasteiger partial charge in [0.15, 0.2) is 0 Å². The molecule has 1 N–H and O–H groups in total. The van der Waals surface area contributed by atoms with Crippen molar-refractivity contribution in [2.45, 2.75) is 26.3 Å². The predicted molar refractivity (Wildman–Crippen MR) is 106 cm³/mol. The van der Waals surface area contributed by atoms with Gasteiger partial charge in [0.1, 0.15) is 25.0 Å². The number of esters is 1. The van der Waals surface area contributed by atoms with Crippen LogP contribution in [0, 0.1) is 11.3 Å². The third-order valence-corrected chi connectivity index (χ3v) is 4.55. The summed E-state index contributed by atoms with van der Waals surface area (Å²) in [5.74, 6) is 0.0781. The Morgan fingerprint density at radius 1 is 1.38 bits per heavy atom. The highest BCUT2D eigenvalue weighted by Gasteiger charge is 2.36. The van der Waals surface area contributed by atoms with Crippen LogP contribution in [-0.4, -0.2) is 45.9 Å². The van der Waals surface area contributed by atoms with Gasteiger partial charge in [-0.2, -0.15) is 5.26 Å². The van der Waals surface area contributed by atoms with Crippen molar-refractivity contribution in [2.75, 3.05) is 19.8 Å². The van der Waals surface area contributed by atoms with Crippen LogP contribution in [0.4, 0.5) is 0 Å². The van der Waals surface area contributed by atoms with Crippen LogP contribution in [0.25, 0.3) is 11.8 Å². The SMILES string of the molecule is CC(=O)OCCN1C(=C=Cc2c(C#N)[nH]n(-c3ccccc3)c2=O)OCC1(C)C. The number of aromatic nitrogens is 2. The first-order chi connectivity index (χ1) is 13.8. The summed E-state index contributed by atoms with van der Waals surface area (Å²) in [6.07, 6.45) is 1.45. The lowest BCUT2D eigenvalue weighted by molar-refractivity contribution is -0.141. The molecule has 0 radical (unpaired) electrons. The molecule has 1 aromatic heterocycles. The zero-order chi connectivity index (χ0) is 21.0. The fraction of sp³-hybridized carbons (Fsp3) is 0.333. The molecule has 150 valence electrons. The second-order valence-corrected chi connectivity index (χ2v) is 7.18. The summed E-state index contributed by atoms with van der Waals surface area (Å²) < 4.78 is 12.1. The second-order valence-electron chi connectivity index (χ2n) is 7.18. The normalized spacial score (nSPS) is 14.7. The number of hydrogen-bond acceptors (Lipinski definition) is 6. The van der Waals surface area contributed by atoms with E-state index in [0.717, 1.165) is 0 Å². The lowest BCUT2D eigenvalue weighted by Gasteiger charge is -2.29. The van der Waals surface area contributed by atoms with Crippen molar-refractivity contribution in [3.63, 3.8) is 0 Å². The Balaban J connectivity index is 1.96. The highest BCUT2D eigenvalue weighted by Crippen LogP contribution is 2.28. The predicted octanol–water partition coefficient (Wildman–Crippen LogP) is 2.16. The summed E-state index contributed by atoms with van der Waals surface area (Å²) in [5.41, 5.74) is 3.27. The summed E-state index contributed by atoms with van der Waals surface area (Å²) in [6.45, 7) is 6.41. The lowest BCUT2D eigenvalue weighted by Crippen LogP contribution is -2.41. The van der Waals surface area contributed by atoms with Crippen LogP contribution in [0.5, 0.6) is 0 Å². The van der Waals surface area contributed by atoms with Gasteiger partial charge in [-0.25, -0.2) is 4.68 Å². The molecule has 0 unspecified atom stereocenters. The maximum atomic E-state index is 12.8. The molecule has 0 atom stereocenters. The van der Waals surface area contributed by atoms with Gasteiger partial charge >= 0.3 is 5.97 Å². The molecular weight excluding hydrogens is 372 g/mol. The first kappa shape index (κ1) is 20.1. The molecule has 1 aliphatic heterocycles. The number of ether oxygens (including phenoxy) is 2. The minimum atomic E-state index is -0.357. The van der Waals surface area contributed by atoms with Crippen LogP contribution in [-0.2, 0) is 14.3 Å². The molecule has 1 aromatic carbocycles. The standard InChI is InChI=1S/C21H22N4O4/c1-15(26)28-12-11-24-19(29-14-21(24,2)3)10-9-17-18(13-22)23-25(20(17)27)16-7-5-4-6-8-16/h4-9,23H,11-12,14H2,1-3H3. The van der Waals surface area contributed by atoms with Gasteiger partial charge in [-0.05, 0) is 26.0 Å². The van der Waals surface area contributed by atoms with Gasteiger partial charge in [0.05, 0.1) is 23.3 Å². The van der Waals surface area contributed by atoms with Crippen molar-refractivity contribution < 1.29 is 14.3 Å². The maximum Gasteiger partial charge on any atom is 0.302 e. The number of carbonyl (C=O) groups is 1. The molecule has 0 saturated carbocycles.